The number of methoxy groups -OCH3 is 3. The number of hydrogen-bond acceptors (Lipinski definition) is 5. The number of benzene rings is 3. The van der Waals surface area contributed by atoms with Gasteiger partial charge >= 0.3 is 6.09 Å². The van der Waals surface area contributed by atoms with Gasteiger partial charge in [-0.15, -0.1) is 6.58 Å². The number of carbonyl (C=O) groups is 1. The van der Waals surface area contributed by atoms with Crippen LogP contribution in [0.1, 0.15) is 38.3 Å². The van der Waals surface area contributed by atoms with Crippen molar-refractivity contribution in [3.63, 3.8) is 0 Å². The van der Waals surface area contributed by atoms with Crippen LogP contribution in [0.3, 0.4) is 0 Å². The van der Waals surface area contributed by atoms with Crippen molar-refractivity contribution in [3.8, 4) is 17.2 Å². The van der Waals surface area contributed by atoms with Gasteiger partial charge in [0.25, 0.3) is 0 Å². The highest BCUT2D eigenvalue weighted by molar-refractivity contribution is 6.12. The molecule has 180 valence electrons. The first kappa shape index (κ1) is 23.7. The van der Waals surface area contributed by atoms with Gasteiger partial charge in [-0.3, -0.25) is 0 Å². The van der Waals surface area contributed by atoms with Crippen molar-refractivity contribution >= 4 is 27.6 Å². The molecular weight excluding hydrogens is 430 g/mol. The molecular formula is C28H33NO5. The van der Waals surface area contributed by atoms with Crippen molar-refractivity contribution in [1.82, 2.24) is 4.90 Å². The van der Waals surface area contributed by atoms with E-state index in [1.165, 1.54) is 5.56 Å². The Balaban J connectivity index is 1.99. The van der Waals surface area contributed by atoms with E-state index < -0.39 is 5.60 Å². The number of rotatable bonds is 5. The summed E-state index contributed by atoms with van der Waals surface area (Å²) in [6, 6.07) is 10.1. The molecule has 1 aliphatic heterocycles. The van der Waals surface area contributed by atoms with Crippen LogP contribution < -0.4 is 14.2 Å². The van der Waals surface area contributed by atoms with Gasteiger partial charge in [-0.1, -0.05) is 12.1 Å². The first-order valence-corrected chi connectivity index (χ1v) is 11.5. The monoisotopic (exact) mass is 463 g/mol. The molecule has 0 saturated heterocycles. The number of hydrogen-bond donors (Lipinski definition) is 0. The molecule has 0 radical (unpaired) electrons. The fourth-order valence-corrected chi connectivity index (χ4v) is 4.81. The minimum atomic E-state index is -0.571. The number of nitrogens with zero attached hydrogens (tertiary/aromatic N) is 1. The van der Waals surface area contributed by atoms with Crippen molar-refractivity contribution in [2.45, 2.75) is 51.8 Å². The van der Waals surface area contributed by atoms with E-state index in [0.29, 0.717) is 30.9 Å². The molecule has 3 aromatic rings. The molecule has 1 heterocycles. The molecule has 3 aromatic carbocycles. The molecule has 0 saturated carbocycles. The number of ether oxygens (including phenoxy) is 4. The quantitative estimate of drug-likeness (QED) is 0.330. The van der Waals surface area contributed by atoms with Crippen LogP contribution >= 0.6 is 0 Å². The lowest BCUT2D eigenvalue weighted by atomic mass is 9.84. The Morgan fingerprint density at radius 3 is 2.21 bits per heavy atom. The van der Waals surface area contributed by atoms with Crippen LogP contribution in [0.4, 0.5) is 4.79 Å². The fourth-order valence-electron chi connectivity index (χ4n) is 4.81. The summed E-state index contributed by atoms with van der Waals surface area (Å²) >= 11 is 0. The largest absolute Gasteiger partial charge is 0.497 e. The van der Waals surface area contributed by atoms with Crippen molar-refractivity contribution in [1.29, 1.82) is 0 Å². The zero-order valence-corrected chi connectivity index (χ0v) is 20.9. The summed E-state index contributed by atoms with van der Waals surface area (Å²) in [5, 5.41) is 4.28. The lowest BCUT2D eigenvalue weighted by Gasteiger charge is -2.38. The first-order valence-electron chi connectivity index (χ1n) is 11.5. The van der Waals surface area contributed by atoms with E-state index in [1.807, 2.05) is 56.0 Å². The Morgan fingerprint density at radius 2 is 1.62 bits per heavy atom. The van der Waals surface area contributed by atoms with Gasteiger partial charge in [-0.05, 0) is 90.6 Å². The smallest absolute Gasteiger partial charge is 0.410 e. The van der Waals surface area contributed by atoms with E-state index in [4.69, 9.17) is 18.9 Å². The highest BCUT2D eigenvalue weighted by Gasteiger charge is 2.34. The standard InChI is InChI=1S/C28H33NO5/c1-8-9-17-12-20-22-14-25(32-6)26(33-7)15-23(22)21-13-18(31-5)10-11-19(21)24(20)16-29(17)27(30)34-28(2,3)4/h8,10-11,13-15,17H,1,9,12,16H2,2-7H3. The normalized spacial score (nSPS) is 15.7. The number of amides is 1. The average Bonchev–Trinajstić information content (AvgIpc) is 2.81. The van der Waals surface area contributed by atoms with Crippen LogP contribution in [-0.4, -0.2) is 44.0 Å². The van der Waals surface area contributed by atoms with Crippen molar-refractivity contribution in [3.05, 3.63) is 54.1 Å². The third-order valence-electron chi connectivity index (χ3n) is 6.33. The topological polar surface area (TPSA) is 57.2 Å². The van der Waals surface area contributed by atoms with Gasteiger partial charge in [0, 0.05) is 6.04 Å². The average molecular weight is 464 g/mol. The molecule has 34 heavy (non-hydrogen) atoms. The van der Waals surface area contributed by atoms with Crippen LogP contribution in [0, 0.1) is 0 Å². The Labute approximate surface area is 201 Å². The molecule has 1 amide bonds. The lowest BCUT2D eigenvalue weighted by molar-refractivity contribution is 0.0124. The SMILES string of the molecule is C=CCC1Cc2c(c3ccc(OC)cc3c3cc(OC)c(OC)cc23)CN1C(=O)OC(C)(C)C. The number of carbonyl (C=O) groups excluding carboxylic acids is 1. The molecule has 0 bridgehead atoms. The zero-order valence-electron chi connectivity index (χ0n) is 20.9. The maximum absolute atomic E-state index is 13.2. The van der Waals surface area contributed by atoms with E-state index in [1.54, 1.807) is 21.3 Å². The maximum atomic E-state index is 13.2. The van der Waals surface area contributed by atoms with Crippen LogP contribution in [0.5, 0.6) is 17.2 Å². The van der Waals surface area contributed by atoms with Gasteiger partial charge in [0.15, 0.2) is 11.5 Å². The third-order valence-corrected chi connectivity index (χ3v) is 6.33. The van der Waals surface area contributed by atoms with Crippen LogP contribution in [0.2, 0.25) is 0 Å². The second-order valence-electron chi connectivity index (χ2n) is 9.61. The van der Waals surface area contributed by atoms with E-state index in [2.05, 4.69) is 12.6 Å². The Bertz CT molecular complexity index is 1260. The van der Waals surface area contributed by atoms with Crippen LogP contribution in [-0.2, 0) is 17.7 Å². The molecule has 0 aliphatic carbocycles. The van der Waals surface area contributed by atoms with Gasteiger partial charge in [-0.25, -0.2) is 4.79 Å². The minimum Gasteiger partial charge on any atom is -0.497 e. The van der Waals surface area contributed by atoms with Crippen LogP contribution in [0.25, 0.3) is 21.5 Å². The Morgan fingerprint density at radius 1 is 0.971 bits per heavy atom. The summed E-state index contributed by atoms with van der Waals surface area (Å²) in [5.41, 5.74) is 1.75. The van der Waals surface area contributed by atoms with Gasteiger partial charge in [0.05, 0.1) is 27.9 Å². The predicted octanol–water partition coefficient (Wildman–Crippen LogP) is 6.26. The van der Waals surface area contributed by atoms with E-state index in [0.717, 1.165) is 32.9 Å². The molecule has 0 fully saturated rings. The molecule has 0 aromatic heterocycles. The highest BCUT2D eigenvalue weighted by Crippen LogP contribution is 2.43. The van der Waals surface area contributed by atoms with Gasteiger partial charge in [-0.2, -0.15) is 0 Å². The highest BCUT2D eigenvalue weighted by atomic mass is 16.6. The first-order chi connectivity index (χ1) is 16.2. The van der Waals surface area contributed by atoms with Gasteiger partial charge in [0.2, 0.25) is 0 Å². The summed E-state index contributed by atoms with van der Waals surface area (Å²) in [7, 11) is 4.95. The van der Waals surface area contributed by atoms with E-state index in [-0.39, 0.29) is 12.1 Å². The zero-order chi connectivity index (χ0) is 24.6. The maximum Gasteiger partial charge on any atom is 0.410 e. The second-order valence-corrected chi connectivity index (χ2v) is 9.61. The summed E-state index contributed by atoms with van der Waals surface area (Å²) in [6.07, 6.45) is 2.92. The molecule has 4 rings (SSSR count). The molecule has 1 unspecified atom stereocenters. The summed E-state index contributed by atoms with van der Waals surface area (Å²) < 4.78 is 22.5. The van der Waals surface area contributed by atoms with Crippen molar-refractivity contribution in [2.24, 2.45) is 0 Å². The molecule has 1 atom stereocenters. The Hall–Kier alpha value is -3.41. The number of fused-ring (bicyclic) bond motifs is 6. The van der Waals surface area contributed by atoms with Crippen molar-refractivity contribution in [2.75, 3.05) is 21.3 Å². The molecule has 6 heteroatoms. The Kier molecular flexibility index (Phi) is 6.34. The molecule has 0 N–H and O–H groups in total. The van der Waals surface area contributed by atoms with Gasteiger partial charge in [0.1, 0.15) is 11.4 Å². The van der Waals surface area contributed by atoms with E-state index in [9.17, 15) is 4.79 Å². The minimum absolute atomic E-state index is 0.0492. The van der Waals surface area contributed by atoms with E-state index >= 15 is 0 Å². The summed E-state index contributed by atoms with van der Waals surface area (Å²) in [6.45, 7) is 10.1. The van der Waals surface area contributed by atoms with Gasteiger partial charge < -0.3 is 23.8 Å². The van der Waals surface area contributed by atoms with Crippen LogP contribution in [0.15, 0.2) is 43.0 Å². The third kappa shape index (κ3) is 4.25. The summed E-state index contributed by atoms with van der Waals surface area (Å²) in [5.74, 6) is 2.12. The van der Waals surface area contributed by atoms with Crippen molar-refractivity contribution < 1.29 is 23.7 Å². The molecule has 0 spiro atoms. The lowest BCUT2D eigenvalue weighted by Crippen LogP contribution is -2.46. The molecule has 1 aliphatic rings. The predicted molar refractivity (Wildman–Crippen MR) is 135 cm³/mol. The fraction of sp³-hybridized carbons (Fsp3) is 0.393. The second kappa shape index (κ2) is 9.09. The molecule has 6 nitrogen and oxygen atoms in total. The summed E-state index contributed by atoms with van der Waals surface area (Å²) in [4.78, 5) is 15.0.